The Hall–Kier alpha value is -0.810. The summed E-state index contributed by atoms with van der Waals surface area (Å²) in [6, 6.07) is 0.182. The molecule has 1 fully saturated rings. The van der Waals surface area contributed by atoms with E-state index in [2.05, 4.69) is 19.2 Å². The molecule has 1 saturated heterocycles. The number of hydrogen-bond acceptors (Lipinski definition) is 4. The summed E-state index contributed by atoms with van der Waals surface area (Å²) in [4.78, 5) is 13.9. The van der Waals surface area contributed by atoms with Crippen molar-refractivity contribution in [3.05, 3.63) is 0 Å². The van der Waals surface area contributed by atoms with Gasteiger partial charge in [0.1, 0.15) is 5.60 Å². The Morgan fingerprint density at radius 3 is 2.57 bits per heavy atom. The minimum Gasteiger partial charge on any atom is -0.444 e. The lowest BCUT2D eigenvalue weighted by atomic mass is 10.1. The monoisotopic (exact) mass is 300 g/mol. The molecule has 1 rings (SSSR count). The van der Waals surface area contributed by atoms with Gasteiger partial charge in [-0.25, -0.2) is 4.79 Å². The molecule has 1 aliphatic heterocycles. The van der Waals surface area contributed by atoms with E-state index >= 15 is 0 Å². The molecule has 0 aliphatic carbocycles. The van der Waals surface area contributed by atoms with Gasteiger partial charge in [-0.15, -0.1) is 0 Å². The van der Waals surface area contributed by atoms with Gasteiger partial charge in [-0.1, -0.05) is 20.3 Å². The van der Waals surface area contributed by atoms with Crippen molar-refractivity contribution in [2.75, 3.05) is 26.7 Å². The van der Waals surface area contributed by atoms with Crippen LogP contribution in [0.3, 0.4) is 0 Å². The number of likely N-dealkylation sites (tertiary alicyclic amines) is 1. The van der Waals surface area contributed by atoms with E-state index in [0.29, 0.717) is 19.0 Å². The van der Waals surface area contributed by atoms with Crippen LogP contribution in [0.15, 0.2) is 0 Å². The van der Waals surface area contributed by atoms with E-state index in [-0.39, 0.29) is 18.2 Å². The molecule has 0 aromatic rings. The SMILES string of the molecule is CCCC(C)CNC1CN(C(=O)OC(C)(C)C)C[C@@H]1OC. The van der Waals surface area contributed by atoms with Crippen molar-refractivity contribution >= 4 is 6.09 Å². The molecule has 0 radical (unpaired) electrons. The van der Waals surface area contributed by atoms with Crippen LogP contribution in [0.25, 0.3) is 0 Å². The zero-order valence-electron chi connectivity index (χ0n) is 14.4. The molecular weight excluding hydrogens is 268 g/mol. The summed E-state index contributed by atoms with van der Waals surface area (Å²) in [6.07, 6.45) is 2.19. The van der Waals surface area contributed by atoms with Gasteiger partial charge in [0, 0.05) is 13.7 Å². The third-order valence-electron chi connectivity index (χ3n) is 3.73. The van der Waals surface area contributed by atoms with Crippen LogP contribution in [0, 0.1) is 5.92 Å². The summed E-state index contributed by atoms with van der Waals surface area (Å²) in [7, 11) is 1.70. The highest BCUT2D eigenvalue weighted by molar-refractivity contribution is 5.68. The number of ether oxygens (including phenoxy) is 2. The largest absolute Gasteiger partial charge is 0.444 e. The Morgan fingerprint density at radius 1 is 1.38 bits per heavy atom. The first-order valence-electron chi connectivity index (χ1n) is 8.01. The van der Waals surface area contributed by atoms with Crippen LogP contribution >= 0.6 is 0 Å². The summed E-state index contributed by atoms with van der Waals surface area (Å²) in [5.41, 5.74) is -0.458. The molecule has 1 N–H and O–H groups in total. The zero-order valence-corrected chi connectivity index (χ0v) is 14.4. The number of amides is 1. The van der Waals surface area contributed by atoms with Gasteiger partial charge in [-0.2, -0.15) is 0 Å². The van der Waals surface area contributed by atoms with Crippen LogP contribution in [0.4, 0.5) is 4.79 Å². The maximum Gasteiger partial charge on any atom is 0.410 e. The fraction of sp³-hybridized carbons (Fsp3) is 0.938. The van der Waals surface area contributed by atoms with E-state index in [9.17, 15) is 4.79 Å². The second kappa shape index (κ2) is 7.99. The van der Waals surface area contributed by atoms with Crippen molar-refractivity contribution in [2.45, 2.75) is 65.2 Å². The van der Waals surface area contributed by atoms with Crippen molar-refractivity contribution in [3.63, 3.8) is 0 Å². The Labute approximate surface area is 129 Å². The van der Waals surface area contributed by atoms with Crippen LogP contribution in [0.1, 0.15) is 47.5 Å². The summed E-state index contributed by atoms with van der Waals surface area (Å²) in [5.74, 6) is 0.642. The molecule has 1 amide bonds. The predicted octanol–water partition coefficient (Wildman–Crippen LogP) is 2.65. The molecule has 5 nitrogen and oxygen atoms in total. The van der Waals surface area contributed by atoms with Crippen LogP contribution in [-0.4, -0.2) is 55.5 Å². The molecule has 0 saturated carbocycles. The average molecular weight is 300 g/mol. The fourth-order valence-electron chi connectivity index (χ4n) is 2.63. The highest BCUT2D eigenvalue weighted by Crippen LogP contribution is 2.18. The molecule has 21 heavy (non-hydrogen) atoms. The highest BCUT2D eigenvalue weighted by atomic mass is 16.6. The number of carbonyl (C=O) groups is 1. The Bertz CT molecular complexity index is 328. The Balaban J connectivity index is 2.49. The van der Waals surface area contributed by atoms with Gasteiger partial charge in [0.05, 0.1) is 18.7 Å². The number of rotatable bonds is 6. The molecule has 1 aliphatic rings. The predicted molar refractivity (Wildman–Crippen MR) is 84.5 cm³/mol. The van der Waals surface area contributed by atoms with E-state index in [0.717, 1.165) is 6.54 Å². The summed E-state index contributed by atoms with van der Waals surface area (Å²) >= 11 is 0. The molecule has 1 heterocycles. The van der Waals surface area contributed by atoms with E-state index in [1.807, 2.05) is 20.8 Å². The normalized spacial score (nSPS) is 24.2. The second-order valence-electron chi connectivity index (χ2n) is 7.07. The van der Waals surface area contributed by atoms with Crippen LogP contribution in [0.5, 0.6) is 0 Å². The van der Waals surface area contributed by atoms with Gasteiger partial charge in [-0.05, 0) is 39.7 Å². The van der Waals surface area contributed by atoms with E-state index in [4.69, 9.17) is 9.47 Å². The zero-order chi connectivity index (χ0) is 16.0. The lowest BCUT2D eigenvalue weighted by Crippen LogP contribution is -2.42. The molecule has 3 atom stereocenters. The maximum atomic E-state index is 12.1. The molecule has 5 heteroatoms. The Morgan fingerprint density at radius 2 is 2.05 bits per heavy atom. The highest BCUT2D eigenvalue weighted by Gasteiger charge is 2.37. The van der Waals surface area contributed by atoms with Crippen molar-refractivity contribution in [2.24, 2.45) is 5.92 Å². The lowest BCUT2D eigenvalue weighted by molar-refractivity contribution is 0.0252. The molecule has 124 valence electrons. The quantitative estimate of drug-likeness (QED) is 0.819. The van der Waals surface area contributed by atoms with Crippen molar-refractivity contribution < 1.29 is 14.3 Å². The summed E-state index contributed by atoms with van der Waals surface area (Å²) in [6.45, 7) is 12.3. The molecular formula is C16H32N2O3. The van der Waals surface area contributed by atoms with Crippen molar-refractivity contribution in [3.8, 4) is 0 Å². The number of carbonyl (C=O) groups excluding carboxylic acids is 1. The van der Waals surface area contributed by atoms with E-state index in [1.165, 1.54) is 12.8 Å². The molecule has 0 spiro atoms. The van der Waals surface area contributed by atoms with E-state index < -0.39 is 5.60 Å². The topological polar surface area (TPSA) is 50.8 Å². The van der Waals surface area contributed by atoms with Crippen LogP contribution < -0.4 is 5.32 Å². The standard InChI is InChI=1S/C16H32N2O3/c1-7-8-12(2)9-17-13-10-18(11-14(13)20-6)15(19)21-16(3,4)5/h12-14,17H,7-11H2,1-6H3/t12?,13?,14-/m0/s1. The first kappa shape index (κ1) is 18.2. The van der Waals surface area contributed by atoms with Crippen molar-refractivity contribution in [1.29, 1.82) is 0 Å². The van der Waals surface area contributed by atoms with Gasteiger partial charge in [0.25, 0.3) is 0 Å². The molecule has 0 bridgehead atoms. The van der Waals surface area contributed by atoms with Crippen LogP contribution in [-0.2, 0) is 9.47 Å². The van der Waals surface area contributed by atoms with Crippen molar-refractivity contribution in [1.82, 2.24) is 10.2 Å². The lowest BCUT2D eigenvalue weighted by Gasteiger charge is -2.24. The van der Waals surface area contributed by atoms with E-state index in [1.54, 1.807) is 12.0 Å². The number of nitrogens with zero attached hydrogens (tertiary/aromatic N) is 1. The third kappa shape index (κ3) is 6.22. The summed E-state index contributed by atoms with van der Waals surface area (Å²) in [5, 5.41) is 3.54. The van der Waals surface area contributed by atoms with Gasteiger partial charge in [-0.3, -0.25) is 0 Å². The first-order chi connectivity index (χ1) is 9.76. The minimum absolute atomic E-state index is 0.0337. The fourth-order valence-corrected chi connectivity index (χ4v) is 2.63. The third-order valence-corrected chi connectivity index (χ3v) is 3.73. The molecule has 0 aromatic carbocycles. The second-order valence-corrected chi connectivity index (χ2v) is 7.07. The smallest absolute Gasteiger partial charge is 0.410 e. The van der Waals surface area contributed by atoms with Gasteiger partial charge in [0.2, 0.25) is 0 Å². The maximum absolute atomic E-state index is 12.1. The first-order valence-corrected chi connectivity index (χ1v) is 8.01. The van der Waals surface area contributed by atoms with Crippen LogP contribution in [0.2, 0.25) is 0 Å². The summed E-state index contributed by atoms with van der Waals surface area (Å²) < 4.78 is 10.9. The Kier molecular flexibility index (Phi) is 6.94. The average Bonchev–Trinajstić information content (AvgIpc) is 2.78. The van der Waals surface area contributed by atoms with Gasteiger partial charge >= 0.3 is 6.09 Å². The number of nitrogens with one attached hydrogen (secondary N) is 1. The molecule has 2 unspecified atom stereocenters. The number of hydrogen-bond donors (Lipinski definition) is 1. The van der Waals surface area contributed by atoms with Gasteiger partial charge in [0.15, 0.2) is 0 Å². The van der Waals surface area contributed by atoms with Gasteiger partial charge < -0.3 is 19.7 Å². The number of methoxy groups -OCH3 is 1. The minimum atomic E-state index is -0.458. The molecule has 0 aromatic heterocycles.